The lowest BCUT2D eigenvalue weighted by Crippen LogP contribution is -2.36. The number of likely N-dealkylation sites (tertiary alicyclic amines) is 1. The van der Waals surface area contributed by atoms with E-state index in [-0.39, 0.29) is 18.5 Å². The number of hydrogen-bond acceptors (Lipinski definition) is 4. The van der Waals surface area contributed by atoms with Gasteiger partial charge in [-0.2, -0.15) is 5.10 Å². The van der Waals surface area contributed by atoms with Gasteiger partial charge in [0.2, 0.25) is 5.91 Å². The highest BCUT2D eigenvalue weighted by atomic mass is 16.4. The molecule has 7 heteroatoms. The predicted molar refractivity (Wildman–Crippen MR) is 78.0 cm³/mol. The standard InChI is InChI=1S/C14H22N4O3/c1-10(2)18-11(4-6-15-18)16-12(19)8-17-7-5-14(3,9-17)13(20)21/h4,6,10H,5,7-9H2,1-3H3,(H,16,19)(H,20,21). The summed E-state index contributed by atoms with van der Waals surface area (Å²) >= 11 is 0. The summed E-state index contributed by atoms with van der Waals surface area (Å²) < 4.78 is 1.74. The highest BCUT2D eigenvalue weighted by molar-refractivity contribution is 5.91. The minimum absolute atomic E-state index is 0.146. The van der Waals surface area contributed by atoms with Crippen LogP contribution in [0.15, 0.2) is 12.3 Å². The van der Waals surface area contributed by atoms with Crippen LogP contribution >= 0.6 is 0 Å². The average Bonchev–Trinajstić information content (AvgIpc) is 2.97. The average molecular weight is 294 g/mol. The second kappa shape index (κ2) is 5.85. The van der Waals surface area contributed by atoms with Crippen LogP contribution in [-0.4, -0.2) is 51.3 Å². The third-order valence-electron chi connectivity index (χ3n) is 3.86. The van der Waals surface area contributed by atoms with Crippen molar-refractivity contribution in [3.8, 4) is 0 Å². The molecule has 1 unspecified atom stereocenters. The van der Waals surface area contributed by atoms with Crippen molar-refractivity contribution in [3.05, 3.63) is 12.3 Å². The Morgan fingerprint density at radius 3 is 2.81 bits per heavy atom. The molecule has 0 spiro atoms. The van der Waals surface area contributed by atoms with E-state index in [4.69, 9.17) is 0 Å². The summed E-state index contributed by atoms with van der Waals surface area (Å²) in [7, 11) is 0. The molecule has 0 saturated carbocycles. The lowest BCUT2D eigenvalue weighted by Gasteiger charge is -2.20. The Kier molecular flexibility index (Phi) is 4.32. The molecular formula is C14H22N4O3. The van der Waals surface area contributed by atoms with Gasteiger partial charge in [-0.3, -0.25) is 14.5 Å². The van der Waals surface area contributed by atoms with Crippen LogP contribution in [-0.2, 0) is 9.59 Å². The molecule has 1 saturated heterocycles. The fourth-order valence-electron chi connectivity index (χ4n) is 2.58. The number of anilines is 1. The zero-order valence-electron chi connectivity index (χ0n) is 12.7. The SMILES string of the molecule is CC(C)n1nccc1NC(=O)CN1CCC(C)(C(=O)O)C1. The Labute approximate surface area is 123 Å². The number of carboxylic acids is 1. The van der Waals surface area contributed by atoms with E-state index in [1.54, 1.807) is 23.9 Å². The quantitative estimate of drug-likeness (QED) is 0.852. The Morgan fingerprint density at radius 2 is 2.24 bits per heavy atom. The summed E-state index contributed by atoms with van der Waals surface area (Å²) in [5, 5.41) is 16.2. The number of nitrogens with one attached hydrogen (secondary N) is 1. The van der Waals surface area contributed by atoms with Gasteiger partial charge in [0, 0.05) is 18.7 Å². The Morgan fingerprint density at radius 1 is 1.52 bits per heavy atom. The van der Waals surface area contributed by atoms with Crippen LogP contribution in [0.2, 0.25) is 0 Å². The fourth-order valence-corrected chi connectivity index (χ4v) is 2.58. The third-order valence-corrected chi connectivity index (χ3v) is 3.86. The van der Waals surface area contributed by atoms with Gasteiger partial charge in [-0.15, -0.1) is 0 Å². The monoisotopic (exact) mass is 294 g/mol. The smallest absolute Gasteiger partial charge is 0.310 e. The number of aromatic nitrogens is 2. The van der Waals surface area contributed by atoms with Crippen molar-refractivity contribution in [3.63, 3.8) is 0 Å². The molecule has 0 aliphatic carbocycles. The Hall–Kier alpha value is -1.89. The van der Waals surface area contributed by atoms with Crippen LogP contribution in [0, 0.1) is 5.41 Å². The molecule has 0 bridgehead atoms. The maximum Gasteiger partial charge on any atom is 0.310 e. The van der Waals surface area contributed by atoms with E-state index in [0.29, 0.717) is 25.3 Å². The van der Waals surface area contributed by atoms with Crippen molar-refractivity contribution in [2.75, 3.05) is 25.0 Å². The largest absolute Gasteiger partial charge is 0.481 e. The van der Waals surface area contributed by atoms with Crippen molar-refractivity contribution in [1.82, 2.24) is 14.7 Å². The van der Waals surface area contributed by atoms with Crippen LogP contribution in [0.3, 0.4) is 0 Å². The van der Waals surface area contributed by atoms with E-state index in [1.165, 1.54) is 0 Å². The van der Waals surface area contributed by atoms with Crippen LogP contribution < -0.4 is 5.32 Å². The minimum Gasteiger partial charge on any atom is -0.481 e. The first kappa shape index (κ1) is 15.5. The molecule has 1 fully saturated rings. The van der Waals surface area contributed by atoms with Crippen LogP contribution in [0.1, 0.15) is 33.2 Å². The minimum atomic E-state index is -0.803. The number of aliphatic carboxylic acids is 1. The number of carboxylic acid groups (broad SMARTS) is 1. The molecule has 1 aromatic heterocycles. The normalized spacial score (nSPS) is 22.7. The van der Waals surface area contributed by atoms with Crippen molar-refractivity contribution in [2.45, 2.75) is 33.2 Å². The first-order valence-electron chi connectivity index (χ1n) is 7.11. The molecule has 2 heterocycles. The van der Waals surface area contributed by atoms with Crippen molar-refractivity contribution >= 4 is 17.7 Å². The Balaban J connectivity index is 1.91. The summed E-state index contributed by atoms with van der Waals surface area (Å²) in [5.74, 6) is -0.287. The highest BCUT2D eigenvalue weighted by Gasteiger charge is 2.40. The summed E-state index contributed by atoms with van der Waals surface area (Å²) in [6.07, 6.45) is 2.21. The number of rotatable bonds is 5. The zero-order valence-corrected chi connectivity index (χ0v) is 12.7. The summed E-state index contributed by atoms with van der Waals surface area (Å²) in [5.41, 5.74) is -0.750. The van der Waals surface area contributed by atoms with E-state index in [0.717, 1.165) is 0 Å². The second-order valence-corrected chi connectivity index (χ2v) is 6.13. The number of carbonyl (C=O) groups excluding carboxylic acids is 1. The van der Waals surface area contributed by atoms with Gasteiger partial charge < -0.3 is 10.4 Å². The van der Waals surface area contributed by atoms with Crippen LogP contribution in [0.4, 0.5) is 5.82 Å². The lowest BCUT2D eigenvalue weighted by atomic mass is 9.90. The van der Waals surface area contributed by atoms with Crippen molar-refractivity contribution < 1.29 is 14.7 Å². The van der Waals surface area contributed by atoms with E-state index >= 15 is 0 Å². The van der Waals surface area contributed by atoms with Crippen molar-refractivity contribution in [2.24, 2.45) is 5.41 Å². The van der Waals surface area contributed by atoms with Gasteiger partial charge in [-0.25, -0.2) is 4.68 Å². The molecule has 7 nitrogen and oxygen atoms in total. The topological polar surface area (TPSA) is 87.5 Å². The molecule has 116 valence electrons. The molecule has 21 heavy (non-hydrogen) atoms. The molecule has 1 amide bonds. The van der Waals surface area contributed by atoms with Gasteiger partial charge in [0.1, 0.15) is 5.82 Å². The first-order valence-corrected chi connectivity index (χ1v) is 7.11. The van der Waals surface area contributed by atoms with Crippen molar-refractivity contribution in [1.29, 1.82) is 0 Å². The third kappa shape index (κ3) is 3.41. The number of hydrogen-bond donors (Lipinski definition) is 2. The molecule has 1 aliphatic heterocycles. The van der Waals surface area contributed by atoms with E-state index in [2.05, 4.69) is 10.4 Å². The van der Waals surface area contributed by atoms with Crippen LogP contribution in [0.25, 0.3) is 0 Å². The molecule has 1 atom stereocenters. The van der Waals surface area contributed by atoms with E-state index in [1.807, 2.05) is 18.7 Å². The fraction of sp³-hybridized carbons (Fsp3) is 0.643. The maximum atomic E-state index is 12.1. The number of carbonyl (C=O) groups is 2. The molecule has 1 aliphatic rings. The zero-order chi connectivity index (χ0) is 15.6. The molecule has 2 N–H and O–H groups in total. The summed E-state index contributed by atoms with van der Waals surface area (Å²) in [6, 6.07) is 1.92. The molecular weight excluding hydrogens is 272 g/mol. The van der Waals surface area contributed by atoms with Gasteiger partial charge in [-0.05, 0) is 33.7 Å². The molecule has 0 radical (unpaired) electrons. The molecule has 2 rings (SSSR count). The molecule has 1 aromatic rings. The number of amides is 1. The summed E-state index contributed by atoms with van der Waals surface area (Å²) in [4.78, 5) is 25.1. The van der Waals surface area contributed by atoms with Gasteiger partial charge in [0.25, 0.3) is 0 Å². The summed E-state index contributed by atoms with van der Waals surface area (Å²) in [6.45, 7) is 6.93. The predicted octanol–water partition coefficient (Wildman–Crippen LogP) is 1.20. The Bertz CT molecular complexity index is 540. The second-order valence-electron chi connectivity index (χ2n) is 6.13. The van der Waals surface area contributed by atoms with Crippen LogP contribution in [0.5, 0.6) is 0 Å². The maximum absolute atomic E-state index is 12.1. The van der Waals surface area contributed by atoms with Gasteiger partial charge in [0.05, 0.1) is 18.2 Å². The van der Waals surface area contributed by atoms with Gasteiger partial charge >= 0.3 is 5.97 Å². The number of nitrogens with zero attached hydrogens (tertiary/aromatic N) is 3. The van der Waals surface area contributed by atoms with Gasteiger partial charge in [0.15, 0.2) is 0 Å². The highest BCUT2D eigenvalue weighted by Crippen LogP contribution is 2.29. The van der Waals surface area contributed by atoms with Gasteiger partial charge in [-0.1, -0.05) is 0 Å². The van der Waals surface area contributed by atoms with E-state index in [9.17, 15) is 14.7 Å². The first-order chi connectivity index (χ1) is 9.82. The lowest BCUT2D eigenvalue weighted by molar-refractivity contribution is -0.147. The molecule has 0 aromatic carbocycles. The van der Waals surface area contributed by atoms with E-state index < -0.39 is 11.4 Å².